The zero-order valence-corrected chi connectivity index (χ0v) is 16.3. The van der Waals surface area contributed by atoms with E-state index in [1.54, 1.807) is 12.1 Å². The molecule has 0 saturated heterocycles. The molecule has 1 N–H and O–H groups in total. The van der Waals surface area contributed by atoms with Crippen molar-refractivity contribution in [3.63, 3.8) is 0 Å². The third-order valence-electron chi connectivity index (χ3n) is 5.76. The lowest BCUT2D eigenvalue weighted by molar-refractivity contribution is 0.0308. The second-order valence-corrected chi connectivity index (χ2v) is 8.12. The Hall–Kier alpha value is -1.61. The summed E-state index contributed by atoms with van der Waals surface area (Å²) in [5.41, 5.74) is 3.87. The van der Waals surface area contributed by atoms with E-state index in [4.69, 9.17) is 4.74 Å². The molecule has 0 spiro atoms. The molecule has 0 saturated carbocycles. The van der Waals surface area contributed by atoms with Crippen molar-refractivity contribution in [1.29, 1.82) is 0 Å². The first-order valence-electron chi connectivity index (χ1n) is 9.29. The van der Waals surface area contributed by atoms with Gasteiger partial charge in [-0.3, -0.25) is 0 Å². The highest BCUT2D eigenvalue weighted by atomic mass is 16.5. The number of rotatable bonds is 6. The predicted molar refractivity (Wildman–Crippen MR) is 102 cm³/mol. The van der Waals surface area contributed by atoms with E-state index >= 15 is 0 Å². The fourth-order valence-corrected chi connectivity index (χ4v) is 3.96. The highest BCUT2D eigenvalue weighted by Gasteiger charge is 2.35. The molecule has 0 radical (unpaired) electrons. The Morgan fingerprint density at radius 2 is 1.88 bits per heavy atom. The summed E-state index contributed by atoms with van der Waals surface area (Å²) in [6.45, 7) is 8.87. The van der Waals surface area contributed by atoms with Gasteiger partial charge in [-0.2, -0.15) is 0 Å². The molecular weight excluding hydrogens is 312 g/mol. The van der Waals surface area contributed by atoms with Crippen LogP contribution in [0.5, 0.6) is 0 Å². The molecule has 1 aliphatic carbocycles. The molecular formula is C22H32O3. The number of allylic oxidation sites excluding steroid dienone is 1. The molecule has 1 aromatic carbocycles. The predicted octanol–water partition coefficient (Wildman–Crippen LogP) is 5.07. The highest BCUT2D eigenvalue weighted by molar-refractivity contribution is 5.89. The van der Waals surface area contributed by atoms with Crippen molar-refractivity contribution in [3.8, 4) is 0 Å². The lowest BCUT2D eigenvalue weighted by atomic mass is 9.68. The van der Waals surface area contributed by atoms with Crippen molar-refractivity contribution >= 4 is 5.97 Å². The van der Waals surface area contributed by atoms with E-state index in [0.29, 0.717) is 18.4 Å². The lowest BCUT2D eigenvalue weighted by Gasteiger charge is -2.39. The Morgan fingerprint density at radius 1 is 1.24 bits per heavy atom. The molecule has 3 nitrogen and oxygen atoms in total. The zero-order valence-electron chi connectivity index (χ0n) is 16.3. The molecule has 0 amide bonds. The fourth-order valence-electron chi connectivity index (χ4n) is 3.96. The first-order valence-corrected chi connectivity index (χ1v) is 9.29. The normalized spacial score (nSPS) is 19.4. The molecule has 0 aliphatic heterocycles. The smallest absolute Gasteiger partial charge is 0.337 e. The maximum Gasteiger partial charge on any atom is 0.337 e. The topological polar surface area (TPSA) is 46.5 Å². The minimum absolute atomic E-state index is 0.167. The largest absolute Gasteiger partial charge is 0.465 e. The zero-order chi connectivity index (χ0) is 18.7. The summed E-state index contributed by atoms with van der Waals surface area (Å²) in [6, 6.07) is 7.37. The third-order valence-corrected chi connectivity index (χ3v) is 5.76. The first-order chi connectivity index (χ1) is 11.7. The van der Waals surface area contributed by atoms with Crippen molar-refractivity contribution in [2.75, 3.05) is 7.11 Å². The van der Waals surface area contributed by atoms with Crippen molar-refractivity contribution in [2.24, 2.45) is 5.41 Å². The van der Waals surface area contributed by atoms with Crippen molar-refractivity contribution in [3.05, 3.63) is 46.5 Å². The van der Waals surface area contributed by atoms with Gasteiger partial charge in [-0.05, 0) is 62.1 Å². The third kappa shape index (κ3) is 4.72. The van der Waals surface area contributed by atoms with Gasteiger partial charge in [0, 0.05) is 6.42 Å². The average molecular weight is 344 g/mol. The van der Waals surface area contributed by atoms with Crippen LogP contribution in [0.1, 0.15) is 75.7 Å². The van der Waals surface area contributed by atoms with Crippen LogP contribution in [0.15, 0.2) is 35.4 Å². The van der Waals surface area contributed by atoms with Crippen LogP contribution in [0, 0.1) is 5.41 Å². The quantitative estimate of drug-likeness (QED) is 0.578. The molecule has 2 rings (SSSR count). The Morgan fingerprint density at radius 3 is 2.40 bits per heavy atom. The van der Waals surface area contributed by atoms with Crippen LogP contribution in [-0.4, -0.2) is 23.8 Å². The van der Waals surface area contributed by atoms with Gasteiger partial charge in [0.1, 0.15) is 0 Å². The maximum atomic E-state index is 11.6. The molecule has 1 aliphatic rings. The first kappa shape index (κ1) is 19.7. The summed E-state index contributed by atoms with van der Waals surface area (Å²) in [5, 5.41) is 11.3. The number of hydrogen-bond donors (Lipinski definition) is 1. The molecule has 3 heteroatoms. The van der Waals surface area contributed by atoms with E-state index in [2.05, 4.69) is 27.7 Å². The SMILES string of the molecule is CCC(O)(CC1=C(C)CCCC1(C)C)Cc1ccc(C(=O)OC)cc1. The van der Waals surface area contributed by atoms with E-state index < -0.39 is 5.60 Å². The Balaban J connectivity index is 2.18. The second-order valence-electron chi connectivity index (χ2n) is 8.12. The number of aliphatic hydroxyl groups is 1. The Kier molecular flexibility index (Phi) is 6.10. The molecule has 1 atom stereocenters. The standard InChI is InChI=1S/C22H32O3/c1-6-22(24,15-19-16(2)8-7-13-21(19,3)4)14-17-9-11-18(12-10-17)20(23)25-5/h9-12,24H,6-8,13-15H2,1-5H3. The summed E-state index contributed by atoms with van der Waals surface area (Å²) in [5.74, 6) is -0.331. The molecule has 138 valence electrons. The lowest BCUT2D eigenvalue weighted by Crippen LogP contribution is -2.35. The van der Waals surface area contributed by atoms with Crippen LogP contribution in [-0.2, 0) is 11.2 Å². The van der Waals surface area contributed by atoms with Crippen molar-refractivity contribution in [1.82, 2.24) is 0 Å². The van der Waals surface area contributed by atoms with Gasteiger partial charge in [0.15, 0.2) is 0 Å². The summed E-state index contributed by atoms with van der Waals surface area (Å²) >= 11 is 0. The van der Waals surface area contributed by atoms with E-state index in [-0.39, 0.29) is 11.4 Å². The molecule has 1 unspecified atom stereocenters. The van der Waals surface area contributed by atoms with Crippen LogP contribution in [0.4, 0.5) is 0 Å². The van der Waals surface area contributed by atoms with Gasteiger partial charge >= 0.3 is 5.97 Å². The van der Waals surface area contributed by atoms with Gasteiger partial charge in [0.05, 0.1) is 18.3 Å². The minimum atomic E-state index is -0.752. The molecule has 25 heavy (non-hydrogen) atoms. The number of ether oxygens (including phenoxy) is 1. The van der Waals surface area contributed by atoms with Crippen molar-refractivity contribution < 1.29 is 14.6 Å². The van der Waals surface area contributed by atoms with E-state index in [9.17, 15) is 9.90 Å². The van der Waals surface area contributed by atoms with Gasteiger partial charge in [-0.15, -0.1) is 0 Å². The van der Waals surface area contributed by atoms with E-state index in [1.165, 1.54) is 31.1 Å². The van der Waals surface area contributed by atoms with Crippen molar-refractivity contribution in [2.45, 2.75) is 71.8 Å². The van der Waals surface area contributed by atoms with Gasteiger partial charge in [-0.1, -0.05) is 44.1 Å². The van der Waals surface area contributed by atoms with Gasteiger partial charge in [-0.25, -0.2) is 4.79 Å². The molecule has 1 aromatic rings. The summed E-state index contributed by atoms with van der Waals surface area (Å²) in [7, 11) is 1.38. The average Bonchev–Trinajstić information content (AvgIpc) is 2.58. The minimum Gasteiger partial charge on any atom is -0.465 e. The second kappa shape index (κ2) is 7.74. The number of esters is 1. The summed E-state index contributed by atoms with van der Waals surface area (Å²) < 4.78 is 4.74. The van der Waals surface area contributed by atoms with Crippen LogP contribution in [0.25, 0.3) is 0 Å². The Bertz CT molecular complexity index is 640. The Labute approximate surface area is 152 Å². The number of benzene rings is 1. The maximum absolute atomic E-state index is 11.6. The summed E-state index contributed by atoms with van der Waals surface area (Å²) in [6.07, 6.45) is 5.60. The summed E-state index contributed by atoms with van der Waals surface area (Å²) in [4.78, 5) is 11.6. The van der Waals surface area contributed by atoms with Crippen LogP contribution in [0.3, 0.4) is 0 Å². The fraction of sp³-hybridized carbons (Fsp3) is 0.591. The monoisotopic (exact) mass is 344 g/mol. The van der Waals surface area contributed by atoms with Gasteiger partial charge in [0.2, 0.25) is 0 Å². The van der Waals surface area contributed by atoms with Gasteiger partial charge in [0.25, 0.3) is 0 Å². The van der Waals surface area contributed by atoms with Crippen LogP contribution in [0.2, 0.25) is 0 Å². The van der Waals surface area contributed by atoms with E-state index in [0.717, 1.165) is 18.4 Å². The molecule has 0 bridgehead atoms. The number of carbonyl (C=O) groups excluding carboxylic acids is 1. The molecule has 0 fully saturated rings. The number of methoxy groups -OCH3 is 1. The van der Waals surface area contributed by atoms with Gasteiger partial charge < -0.3 is 9.84 Å². The van der Waals surface area contributed by atoms with Crippen LogP contribution < -0.4 is 0 Å². The number of hydrogen-bond acceptors (Lipinski definition) is 3. The molecule has 0 heterocycles. The molecule has 0 aromatic heterocycles. The van der Waals surface area contributed by atoms with Crippen LogP contribution >= 0.6 is 0 Å². The highest BCUT2D eigenvalue weighted by Crippen LogP contribution is 2.44. The van der Waals surface area contributed by atoms with E-state index in [1.807, 2.05) is 12.1 Å². The number of carbonyl (C=O) groups is 1.